The van der Waals surface area contributed by atoms with E-state index in [1.807, 2.05) is 36.4 Å². The van der Waals surface area contributed by atoms with E-state index >= 15 is 0 Å². The van der Waals surface area contributed by atoms with Crippen molar-refractivity contribution in [3.63, 3.8) is 0 Å². The van der Waals surface area contributed by atoms with Crippen molar-refractivity contribution in [2.75, 3.05) is 7.11 Å². The minimum atomic E-state index is -0.0292. The van der Waals surface area contributed by atoms with E-state index < -0.39 is 0 Å². The Kier molecular flexibility index (Phi) is 5.17. The van der Waals surface area contributed by atoms with E-state index in [9.17, 15) is 4.79 Å². The van der Waals surface area contributed by atoms with Gasteiger partial charge in [-0.15, -0.1) is 0 Å². The average Bonchev–Trinajstić information content (AvgIpc) is 3.01. The molecule has 3 aromatic carbocycles. The van der Waals surface area contributed by atoms with Gasteiger partial charge in [-0.3, -0.25) is 9.69 Å². The molecule has 0 saturated carbocycles. The fraction of sp³-hybridized carbons (Fsp3) is 0.346. The van der Waals surface area contributed by atoms with Gasteiger partial charge in [0.15, 0.2) is 0 Å². The smallest absolute Gasteiger partial charge is 0.255 e. The normalized spacial score (nSPS) is 23.4. The number of nitrogens with one attached hydrogen (secondary N) is 1. The molecule has 0 aromatic heterocycles. The van der Waals surface area contributed by atoms with Gasteiger partial charge in [0.05, 0.1) is 12.7 Å². The summed E-state index contributed by atoms with van der Waals surface area (Å²) in [6, 6.07) is 23.9. The Hall–Kier alpha value is -2.85. The molecular weight excluding hydrogens is 372 g/mol. The van der Waals surface area contributed by atoms with Gasteiger partial charge in [-0.2, -0.15) is 0 Å². The number of amides is 1. The molecule has 2 fully saturated rings. The topological polar surface area (TPSA) is 41.6 Å². The molecule has 1 amide bonds. The SMILES string of the molecule is COc1c(C(=O)NC2CC3CCC(C2)N3Cc2ccccc2)ccc2ccccc12. The first-order valence-electron chi connectivity index (χ1n) is 10.9. The van der Waals surface area contributed by atoms with Crippen LogP contribution < -0.4 is 10.1 Å². The van der Waals surface area contributed by atoms with Crippen LogP contribution in [0.25, 0.3) is 10.8 Å². The van der Waals surface area contributed by atoms with Crippen molar-refractivity contribution in [3.8, 4) is 5.75 Å². The van der Waals surface area contributed by atoms with E-state index in [-0.39, 0.29) is 11.9 Å². The minimum Gasteiger partial charge on any atom is -0.495 e. The summed E-state index contributed by atoms with van der Waals surface area (Å²) in [5.41, 5.74) is 1.99. The molecule has 3 aromatic rings. The number of piperidine rings is 1. The molecule has 0 spiro atoms. The Labute approximate surface area is 177 Å². The van der Waals surface area contributed by atoms with Gasteiger partial charge in [-0.25, -0.2) is 0 Å². The lowest BCUT2D eigenvalue weighted by molar-refractivity contribution is 0.0825. The fourth-order valence-electron chi connectivity index (χ4n) is 5.35. The molecule has 2 bridgehead atoms. The van der Waals surface area contributed by atoms with Crippen LogP contribution in [0.15, 0.2) is 66.7 Å². The van der Waals surface area contributed by atoms with Crippen LogP contribution >= 0.6 is 0 Å². The van der Waals surface area contributed by atoms with Crippen LogP contribution in [0.3, 0.4) is 0 Å². The number of hydrogen-bond acceptors (Lipinski definition) is 3. The predicted molar refractivity (Wildman–Crippen MR) is 120 cm³/mol. The van der Waals surface area contributed by atoms with Gasteiger partial charge in [0, 0.05) is 30.1 Å². The van der Waals surface area contributed by atoms with Crippen molar-refractivity contribution in [2.24, 2.45) is 0 Å². The van der Waals surface area contributed by atoms with Crippen LogP contribution in [-0.4, -0.2) is 36.0 Å². The molecule has 4 nitrogen and oxygen atoms in total. The number of rotatable bonds is 5. The van der Waals surface area contributed by atoms with Gasteiger partial charge in [0.1, 0.15) is 5.75 Å². The third-order valence-corrected chi connectivity index (χ3v) is 6.76. The molecule has 2 aliphatic rings. The maximum Gasteiger partial charge on any atom is 0.255 e. The number of hydrogen-bond donors (Lipinski definition) is 1. The van der Waals surface area contributed by atoms with Crippen molar-refractivity contribution in [1.29, 1.82) is 0 Å². The number of carbonyl (C=O) groups excluding carboxylic acids is 1. The van der Waals surface area contributed by atoms with Crippen LogP contribution in [0, 0.1) is 0 Å². The third kappa shape index (κ3) is 3.56. The summed E-state index contributed by atoms with van der Waals surface area (Å²) >= 11 is 0. The Bertz CT molecular complexity index is 1040. The average molecular weight is 401 g/mol. The molecule has 0 aliphatic carbocycles. The Balaban J connectivity index is 1.30. The molecule has 154 valence electrons. The van der Waals surface area contributed by atoms with Crippen molar-refractivity contribution >= 4 is 16.7 Å². The molecule has 30 heavy (non-hydrogen) atoms. The number of ether oxygens (including phenoxy) is 1. The largest absolute Gasteiger partial charge is 0.495 e. The van der Waals surface area contributed by atoms with E-state index in [4.69, 9.17) is 4.74 Å². The Morgan fingerprint density at radius 3 is 2.40 bits per heavy atom. The van der Waals surface area contributed by atoms with E-state index in [1.54, 1.807) is 7.11 Å². The minimum absolute atomic E-state index is 0.0292. The zero-order valence-corrected chi connectivity index (χ0v) is 17.4. The summed E-state index contributed by atoms with van der Waals surface area (Å²) in [6.45, 7) is 1.01. The summed E-state index contributed by atoms with van der Waals surface area (Å²) in [6.07, 6.45) is 4.49. The Morgan fingerprint density at radius 1 is 0.967 bits per heavy atom. The zero-order chi connectivity index (χ0) is 20.5. The lowest BCUT2D eigenvalue weighted by Gasteiger charge is -2.39. The number of nitrogens with zero attached hydrogens (tertiary/aromatic N) is 1. The second-order valence-electron chi connectivity index (χ2n) is 8.55. The Morgan fingerprint density at radius 2 is 1.67 bits per heavy atom. The van der Waals surface area contributed by atoms with Gasteiger partial charge in [-0.1, -0.05) is 60.7 Å². The van der Waals surface area contributed by atoms with Gasteiger partial charge >= 0.3 is 0 Å². The summed E-state index contributed by atoms with van der Waals surface area (Å²) in [5, 5.41) is 5.37. The van der Waals surface area contributed by atoms with E-state index in [0.29, 0.717) is 23.4 Å². The first-order valence-corrected chi connectivity index (χ1v) is 10.9. The summed E-state index contributed by atoms with van der Waals surface area (Å²) in [4.78, 5) is 15.8. The summed E-state index contributed by atoms with van der Waals surface area (Å²) in [7, 11) is 1.64. The van der Waals surface area contributed by atoms with E-state index in [1.165, 1.54) is 18.4 Å². The lowest BCUT2D eigenvalue weighted by Crippen LogP contribution is -2.50. The molecule has 5 rings (SSSR count). The third-order valence-electron chi connectivity index (χ3n) is 6.76. The monoisotopic (exact) mass is 400 g/mol. The zero-order valence-electron chi connectivity index (χ0n) is 17.4. The molecular formula is C26H28N2O2. The molecule has 1 N–H and O–H groups in total. The van der Waals surface area contributed by atoms with Crippen molar-refractivity contribution in [2.45, 2.75) is 50.4 Å². The number of fused-ring (bicyclic) bond motifs is 3. The maximum atomic E-state index is 13.1. The molecule has 0 radical (unpaired) electrons. The van der Waals surface area contributed by atoms with Gasteiger partial charge in [0.25, 0.3) is 5.91 Å². The molecule has 2 unspecified atom stereocenters. The maximum absolute atomic E-state index is 13.1. The van der Waals surface area contributed by atoms with Gasteiger partial charge in [-0.05, 0) is 42.7 Å². The molecule has 2 saturated heterocycles. The number of carbonyl (C=O) groups is 1. The molecule has 4 heteroatoms. The first-order chi connectivity index (χ1) is 14.7. The van der Waals surface area contributed by atoms with Crippen LogP contribution in [0.1, 0.15) is 41.6 Å². The highest BCUT2D eigenvalue weighted by Crippen LogP contribution is 2.37. The summed E-state index contributed by atoms with van der Waals surface area (Å²) in [5.74, 6) is 0.633. The van der Waals surface area contributed by atoms with E-state index in [0.717, 1.165) is 30.2 Å². The molecule has 2 atom stereocenters. The van der Waals surface area contributed by atoms with Crippen LogP contribution in [-0.2, 0) is 6.54 Å². The molecule has 2 heterocycles. The van der Waals surface area contributed by atoms with Crippen LogP contribution in [0.2, 0.25) is 0 Å². The summed E-state index contributed by atoms with van der Waals surface area (Å²) < 4.78 is 5.64. The van der Waals surface area contributed by atoms with Crippen molar-refractivity contribution < 1.29 is 9.53 Å². The van der Waals surface area contributed by atoms with Crippen molar-refractivity contribution in [3.05, 3.63) is 77.9 Å². The van der Waals surface area contributed by atoms with Gasteiger partial charge in [0.2, 0.25) is 0 Å². The van der Waals surface area contributed by atoms with Crippen LogP contribution in [0.4, 0.5) is 0 Å². The highest BCUT2D eigenvalue weighted by Gasteiger charge is 2.41. The predicted octanol–water partition coefficient (Wildman–Crippen LogP) is 4.77. The second kappa shape index (κ2) is 8.11. The van der Waals surface area contributed by atoms with Crippen molar-refractivity contribution in [1.82, 2.24) is 10.2 Å². The standard InChI is InChI=1S/C26H28N2O2/c1-30-25-23-10-6-5-9-19(23)11-14-24(25)26(29)27-20-15-21-12-13-22(16-20)28(21)17-18-7-3-2-4-8-18/h2-11,14,20-22H,12-13,15-17H2,1H3,(H,27,29). The van der Waals surface area contributed by atoms with Gasteiger partial charge < -0.3 is 10.1 Å². The quantitative estimate of drug-likeness (QED) is 0.671. The lowest BCUT2D eigenvalue weighted by atomic mass is 9.96. The second-order valence-corrected chi connectivity index (χ2v) is 8.55. The number of benzene rings is 3. The first kappa shape index (κ1) is 19.1. The van der Waals surface area contributed by atoms with Crippen LogP contribution in [0.5, 0.6) is 5.75 Å². The fourth-order valence-corrected chi connectivity index (χ4v) is 5.35. The molecule has 2 aliphatic heterocycles. The van der Waals surface area contributed by atoms with E-state index in [2.05, 4.69) is 40.5 Å². The number of methoxy groups -OCH3 is 1. The highest BCUT2D eigenvalue weighted by molar-refractivity contribution is 6.03. The highest BCUT2D eigenvalue weighted by atomic mass is 16.5.